The number of anilines is 1. The lowest BCUT2D eigenvalue weighted by molar-refractivity contribution is 0.378. The predicted octanol–water partition coefficient (Wildman–Crippen LogP) is 4.04. The van der Waals surface area contributed by atoms with E-state index in [2.05, 4.69) is 38.0 Å². The third-order valence-corrected chi connectivity index (χ3v) is 8.75. The van der Waals surface area contributed by atoms with Crippen molar-refractivity contribution in [3.63, 3.8) is 0 Å². The zero-order valence-corrected chi connectivity index (χ0v) is 22.6. The summed E-state index contributed by atoms with van der Waals surface area (Å²) in [4.78, 5) is 0. The average molecular weight is 530 g/mol. The van der Waals surface area contributed by atoms with Gasteiger partial charge in [0, 0.05) is 10.9 Å². The number of aromatic hydroxyl groups is 1. The molecular weight excluding hydrogens is 498 g/mol. The third kappa shape index (κ3) is 6.06. The maximum atomic E-state index is 12.6. The number of hydrogen-bond donors (Lipinski definition) is 4. The maximum Gasteiger partial charge on any atom is 0.269 e. The molecule has 34 heavy (non-hydrogen) atoms. The number of nitrogens with zero attached hydrogens (tertiary/aromatic N) is 2. The Morgan fingerprint density at radius 2 is 1.79 bits per heavy atom. The van der Waals surface area contributed by atoms with E-state index in [1.54, 1.807) is 27.0 Å². The number of furan rings is 1. The molecule has 1 aliphatic heterocycles. The van der Waals surface area contributed by atoms with Crippen LogP contribution in [0.1, 0.15) is 71.7 Å². The highest BCUT2D eigenvalue weighted by molar-refractivity contribution is 7.91. The Balaban J connectivity index is 1.83. The fraction of sp³-hybridized carbons (Fsp3) is 0.524. The molecule has 0 saturated carbocycles. The van der Waals surface area contributed by atoms with Gasteiger partial charge in [-0.05, 0) is 44.2 Å². The largest absolute Gasteiger partial charge is 0.504 e. The van der Waals surface area contributed by atoms with Crippen LogP contribution in [0, 0.1) is 5.92 Å². The monoisotopic (exact) mass is 529 g/mol. The molecule has 0 fully saturated rings. The van der Waals surface area contributed by atoms with Gasteiger partial charge in [-0.2, -0.15) is 0 Å². The molecule has 3 heterocycles. The van der Waals surface area contributed by atoms with Gasteiger partial charge < -0.3 is 20.2 Å². The van der Waals surface area contributed by atoms with Crippen LogP contribution < -0.4 is 15.4 Å². The van der Waals surface area contributed by atoms with Gasteiger partial charge in [-0.1, -0.05) is 27.7 Å². The summed E-state index contributed by atoms with van der Waals surface area (Å²) in [6.07, 6.45) is 1.72. The molecule has 2 aromatic rings. The third-order valence-electron chi connectivity index (χ3n) is 4.81. The van der Waals surface area contributed by atoms with Crippen LogP contribution in [0.25, 0.3) is 0 Å². The molecule has 0 radical (unpaired) electrons. The zero-order valence-electron chi connectivity index (χ0n) is 20.2. The Hall–Kier alpha value is -2.22. The fourth-order valence-corrected chi connectivity index (χ4v) is 6.46. The van der Waals surface area contributed by atoms with Crippen LogP contribution in [-0.2, 0) is 21.2 Å². The van der Waals surface area contributed by atoms with Gasteiger partial charge in [0.2, 0.25) is 0 Å². The molecule has 0 aromatic carbocycles. The first-order valence-corrected chi connectivity index (χ1v) is 14.2. The highest BCUT2D eigenvalue weighted by Gasteiger charge is 2.31. The van der Waals surface area contributed by atoms with Crippen molar-refractivity contribution in [3.05, 3.63) is 29.0 Å². The van der Waals surface area contributed by atoms with Crippen LogP contribution in [0.2, 0.25) is 0 Å². The van der Waals surface area contributed by atoms with Gasteiger partial charge in [0.25, 0.3) is 21.2 Å². The maximum absolute atomic E-state index is 12.6. The van der Waals surface area contributed by atoms with Crippen LogP contribution in [-0.4, -0.2) is 34.9 Å². The second kappa shape index (κ2) is 9.80. The molecule has 2 atom stereocenters. The Morgan fingerprint density at radius 3 is 2.35 bits per heavy atom. The first kappa shape index (κ1) is 26.4. The minimum absolute atomic E-state index is 0.0962. The first-order valence-electron chi connectivity index (χ1n) is 10.7. The van der Waals surface area contributed by atoms with Crippen LogP contribution in [0.5, 0.6) is 5.75 Å². The summed E-state index contributed by atoms with van der Waals surface area (Å²) in [6.45, 7) is 13.3. The van der Waals surface area contributed by atoms with E-state index in [1.165, 1.54) is 5.38 Å². The smallest absolute Gasteiger partial charge is 0.269 e. The molecule has 2 aromatic heterocycles. The Morgan fingerprint density at radius 1 is 1.15 bits per heavy atom. The molecule has 3 rings (SSSR count). The second-order valence-corrected chi connectivity index (χ2v) is 13.3. The molecule has 0 aliphatic carbocycles. The molecule has 0 amide bonds. The summed E-state index contributed by atoms with van der Waals surface area (Å²) in [5, 5.41) is 18.2. The van der Waals surface area contributed by atoms with Gasteiger partial charge >= 0.3 is 0 Å². The molecule has 1 unspecified atom stereocenters. The van der Waals surface area contributed by atoms with E-state index in [9.17, 15) is 17.7 Å². The van der Waals surface area contributed by atoms with E-state index in [1.807, 2.05) is 19.9 Å². The van der Waals surface area contributed by atoms with Gasteiger partial charge in [0.1, 0.15) is 5.76 Å². The topological polar surface area (TPSA) is 145 Å². The fourth-order valence-electron chi connectivity index (χ4n) is 3.18. The molecule has 10 nitrogen and oxygen atoms in total. The highest BCUT2D eigenvalue weighted by Crippen LogP contribution is 2.38. The average Bonchev–Trinajstić information content (AvgIpc) is 3.38. The quantitative estimate of drug-likeness (QED) is 0.423. The number of hydrogen-bond acceptors (Lipinski definition) is 8. The Kier molecular flexibility index (Phi) is 7.60. The Labute approximate surface area is 206 Å². The van der Waals surface area contributed by atoms with Crippen molar-refractivity contribution in [3.8, 4) is 5.75 Å². The molecular formula is C21H31N5O5S3. The SMILES string of the molecule is CC(C)c1coc([C@H](NC2=NS(=O)N=C2Nc2csc(S(=O)(=O)NC(C)(C)C)c2O)C(C)C)c1. The summed E-state index contributed by atoms with van der Waals surface area (Å²) in [5.41, 5.74) is 0.464. The molecule has 1 aliphatic rings. The van der Waals surface area contributed by atoms with E-state index in [4.69, 9.17) is 4.42 Å². The van der Waals surface area contributed by atoms with Crippen molar-refractivity contribution < 1.29 is 22.2 Å². The highest BCUT2D eigenvalue weighted by atomic mass is 32.2. The number of amidine groups is 2. The standard InChI is InChI=1S/C21H31N5O5S3/c1-11(2)13-8-15(31-9-13)16(12(3)4)23-19-18(24-33(28)25-19)22-14-10-32-20(17(14)27)34(29,30)26-21(5,6)7/h8-12,16,26-27H,1-7H3,(H,22,24)(H,23,25)/t16-,33?/m1/s1. The summed E-state index contributed by atoms with van der Waals surface area (Å²) < 4.78 is 53.5. The van der Waals surface area contributed by atoms with Crippen LogP contribution in [0.4, 0.5) is 5.69 Å². The molecule has 188 valence electrons. The second-order valence-electron chi connectivity index (χ2n) is 9.68. The van der Waals surface area contributed by atoms with Crippen molar-refractivity contribution >= 4 is 49.9 Å². The number of rotatable bonds is 7. The lowest BCUT2D eigenvalue weighted by atomic mass is 9.99. The molecule has 0 spiro atoms. The summed E-state index contributed by atoms with van der Waals surface area (Å²) >= 11 is -1.00. The Bertz CT molecular complexity index is 1240. The van der Waals surface area contributed by atoms with Gasteiger partial charge in [-0.3, -0.25) is 0 Å². The predicted molar refractivity (Wildman–Crippen MR) is 136 cm³/mol. The van der Waals surface area contributed by atoms with E-state index < -0.39 is 32.5 Å². The van der Waals surface area contributed by atoms with Gasteiger partial charge in [-0.25, -0.2) is 17.3 Å². The van der Waals surface area contributed by atoms with Gasteiger partial charge in [0.05, 0.1) is 18.0 Å². The lowest BCUT2D eigenvalue weighted by Gasteiger charge is -2.21. The van der Waals surface area contributed by atoms with Gasteiger partial charge in [-0.15, -0.1) is 20.1 Å². The molecule has 0 bridgehead atoms. The normalized spacial score (nSPS) is 17.7. The minimum atomic E-state index is -3.94. The molecule has 4 N–H and O–H groups in total. The number of sulfonamides is 1. The van der Waals surface area contributed by atoms with Crippen molar-refractivity contribution in [1.29, 1.82) is 0 Å². The summed E-state index contributed by atoms with van der Waals surface area (Å²) in [5.74, 6) is 1.01. The van der Waals surface area contributed by atoms with E-state index >= 15 is 0 Å². The van der Waals surface area contributed by atoms with Crippen molar-refractivity contribution in [2.24, 2.45) is 14.7 Å². The zero-order chi connectivity index (χ0) is 25.4. The molecule has 0 saturated heterocycles. The van der Waals surface area contributed by atoms with Crippen LogP contribution >= 0.6 is 11.3 Å². The lowest BCUT2D eigenvalue weighted by Crippen LogP contribution is -2.40. The van der Waals surface area contributed by atoms with E-state index in [0.717, 1.165) is 16.9 Å². The van der Waals surface area contributed by atoms with Crippen LogP contribution in [0.3, 0.4) is 0 Å². The van der Waals surface area contributed by atoms with Gasteiger partial charge in [0.15, 0.2) is 21.6 Å². The molecule has 13 heteroatoms. The van der Waals surface area contributed by atoms with Crippen molar-refractivity contribution in [2.45, 2.75) is 70.2 Å². The van der Waals surface area contributed by atoms with Crippen molar-refractivity contribution in [1.82, 2.24) is 10.0 Å². The minimum Gasteiger partial charge on any atom is -0.504 e. The van der Waals surface area contributed by atoms with E-state index in [0.29, 0.717) is 11.7 Å². The number of nitrogens with one attached hydrogen (secondary N) is 3. The van der Waals surface area contributed by atoms with Crippen molar-refractivity contribution in [2.75, 3.05) is 5.32 Å². The summed E-state index contributed by atoms with van der Waals surface area (Å²) in [6, 6.07) is 1.69. The number of thiophene rings is 1. The van der Waals surface area contributed by atoms with E-state index in [-0.39, 0.29) is 33.5 Å². The van der Waals surface area contributed by atoms with Crippen LogP contribution in [0.15, 0.2) is 35.1 Å². The first-order chi connectivity index (χ1) is 15.7. The summed E-state index contributed by atoms with van der Waals surface area (Å²) in [7, 11) is -3.94.